The van der Waals surface area contributed by atoms with Gasteiger partial charge in [-0.3, -0.25) is 9.69 Å². The second-order valence-corrected chi connectivity index (χ2v) is 5.53. The number of imide groups is 1. The van der Waals surface area contributed by atoms with Gasteiger partial charge in [0.2, 0.25) is 5.91 Å². The van der Waals surface area contributed by atoms with Crippen LogP contribution in [0.3, 0.4) is 0 Å². The molecule has 2 fully saturated rings. The third kappa shape index (κ3) is 1.43. The topological polar surface area (TPSA) is 40.6 Å². The highest BCUT2D eigenvalue weighted by atomic mass is 16.2. The SMILES string of the molecule is C[C@H]1[C@H](C(=O)N2CCN(C)C2=O)[C@@H]2C=C[C@H]1C2. The molecule has 2 aliphatic carbocycles. The van der Waals surface area contributed by atoms with Crippen LogP contribution in [0.1, 0.15) is 13.3 Å². The summed E-state index contributed by atoms with van der Waals surface area (Å²) in [6, 6.07) is -0.131. The van der Waals surface area contributed by atoms with Crippen LogP contribution in [0.2, 0.25) is 0 Å². The maximum atomic E-state index is 12.4. The van der Waals surface area contributed by atoms with Crippen molar-refractivity contribution >= 4 is 11.9 Å². The number of fused-ring (bicyclic) bond motifs is 2. The van der Waals surface area contributed by atoms with Gasteiger partial charge in [-0.05, 0) is 24.2 Å². The average molecular weight is 234 g/mol. The van der Waals surface area contributed by atoms with Crippen LogP contribution in [0.15, 0.2) is 12.2 Å². The largest absolute Gasteiger partial charge is 0.326 e. The Bertz CT molecular complexity index is 404. The van der Waals surface area contributed by atoms with Crippen molar-refractivity contribution in [1.29, 1.82) is 0 Å². The summed E-state index contributed by atoms with van der Waals surface area (Å²) in [6.07, 6.45) is 5.49. The molecule has 1 aliphatic heterocycles. The van der Waals surface area contributed by atoms with Gasteiger partial charge in [-0.1, -0.05) is 19.1 Å². The van der Waals surface area contributed by atoms with E-state index in [1.165, 1.54) is 4.90 Å². The van der Waals surface area contributed by atoms with Crippen molar-refractivity contribution in [2.75, 3.05) is 20.1 Å². The molecule has 2 bridgehead atoms. The van der Waals surface area contributed by atoms with Crippen LogP contribution >= 0.6 is 0 Å². The first-order valence-electron chi connectivity index (χ1n) is 6.34. The molecule has 1 saturated carbocycles. The minimum Gasteiger partial charge on any atom is -0.326 e. The molecule has 3 aliphatic rings. The van der Waals surface area contributed by atoms with Crippen LogP contribution in [0.25, 0.3) is 0 Å². The van der Waals surface area contributed by atoms with Gasteiger partial charge < -0.3 is 4.90 Å². The molecule has 0 N–H and O–H groups in total. The number of amides is 3. The van der Waals surface area contributed by atoms with Crippen LogP contribution in [0.5, 0.6) is 0 Å². The van der Waals surface area contributed by atoms with Crippen LogP contribution in [-0.2, 0) is 4.79 Å². The normalized spacial score (nSPS) is 39.5. The Morgan fingerprint density at radius 3 is 2.53 bits per heavy atom. The number of urea groups is 1. The molecule has 3 rings (SSSR count). The summed E-state index contributed by atoms with van der Waals surface area (Å²) >= 11 is 0. The van der Waals surface area contributed by atoms with Crippen molar-refractivity contribution in [1.82, 2.24) is 9.80 Å². The zero-order valence-corrected chi connectivity index (χ0v) is 10.3. The van der Waals surface area contributed by atoms with Gasteiger partial charge in [0, 0.05) is 26.1 Å². The molecule has 1 heterocycles. The summed E-state index contributed by atoms with van der Waals surface area (Å²) in [4.78, 5) is 27.3. The molecule has 0 aromatic heterocycles. The predicted octanol–water partition coefficient (Wildman–Crippen LogP) is 1.34. The average Bonchev–Trinajstić information content (AvgIpc) is 2.95. The lowest BCUT2D eigenvalue weighted by molar-refractivity contribution is -0.134. The van der Waals surface area contributed by atoms with Gasteiger partial charge in [0.05, 0.1) is 0 Å². The van der Waals surface area contributed by atoms with E-state index in [4.69, 9.17) is 0 Å². The number of hydrogen-bond donors (Lipinski definition) is 0. The molecule has 0 unspecified atom stereocenters. The van der Waals surface area contributed by atoms with Gasteiger partial charge >= 0.3 is 6.03 Å². The van der Waals surface area contributed by atoms with E-state index in [0.29, 0.717) is 30.8 Å². The third-order valence-corrected chi connectivity index (χ3v) is 4.62. The summed E-state index contributed by atoms with van der Waals surface area (Å²) < 4.78 is 0. The highest BCUT2D eigenvalue weighted by molar-refractivity contribution is 5.97. The third-order valence-electron chi connectivity index (χ3n) is 4.62. The lowest BCUT2D eigenvalue weighted by Gasteiger charge is -2.27. The van der Waals surface area contributed by atoms with Crippen molar-refractivity contribution < 1.29 is 9.59 Å². The molecule has 3 amide bonds. The van der Waals surface area contributed by atoms with Crippen molar-refractivity contribution in [3.8, 4) is 0 Å². The molecule has 92 valence electrons. The van der Waals surface area contributed by atoms with E-state index >= 15 is 0 Å². The van der Waals surface area contributed by atoms with Gasteiger partial charge in [-0.2, -0.15) is 0 Å². The molecule has 17 heavy (non-hydrogen) atoms. The summed E-state index contributed by atoms with van der Waals surface area (Å²) in [5.41, 5.74) is 0. The zero-order valence-electron chi connectivity index (χ0n) is 10.3. The summed E-state index contributed by atoms with van der Waals surface area (Å²) in [7, 11) is 1.75. The molecule has 4 atom stereocenters. The Morgan fingerprint density at radius 1 is 1.29 bits per heavy atom. The van der Waals surface area contributed by atoms with E-state index in [-0.39, 0.29) is 17.9 Å². The minimum absolute atomic E-state index is 0.0282. The first-order chi connectivity index (χ1) is 8.09. The van der Waals surface area contributed by atoms with Crippen LogP contribution in [0, 0.1) is 23.7 Å². The molecule has 0 aromatic rings. The lowest BCUT2D eigenvalue weighted by Crippen LogP contribution is -2.42. The van der Waals surface area contributed by atoms with Gasteiger partial charge in [-0.25, -0.2) is 4.79 Å². The predicted molar refractivity (Wildman–Crippen MR) is 63.1 cm³/mol. The summed E-state index contributed by atoms with van der Waals surface area (Å²) in [5, 5.41) is 0. The van der Waals surface area contributed by atoms with E-state index in [1.54, 1.807) is 11.9 Å². The van der Waals surface area contributed by atoms with E-state index in [1.807, 2.05) is 0 Å². The van der Waals surface area contributed by atoms with Crippen molar-refractivity contribution in [2.24, 2.45) is 23.7 Å². The quantitative estimate of drug-likeness (QED) is 0.642. The maximum Gasteiger partial charge on any atom is 0.326 e. The molecule has 0 radical (unpaired) electrons. The molecule has 1 saturated heterocycles. The van der Waals surface area contributed by atoms with E-state index in [9.17, 15) is 9.59 Å². The van der Waals surface area contributed by atoms with E-state index in [0.717, 1.165) is 6.42 Å². The van der Waals surface area contributed by atoms with Crippen molar-refractivity contribution in [3.05, 3.63) is 12.2 Å². The standard InChI is InChI=1S/C13H18N2O2/c1-8-9-3-4-10(7-9)11(8)12(16)15-6-5-14(2)13(15)17/h3-4,8-11H,5-7H2,1-2H3/t8-,9+,10-,11+/m1/s1. The molecular formula is C13H18N2O2. The van der Waals surface area contributed by atoms with Gasteiger partial charge in [0.25, 0.3) is 0 Å². The Labute approximate surface area is 101 Å². The summed E-state index contributed by atoms with van der Waals surface area (Å²) in [5.74, 6) is 1.37. The first-order valence-corrected chi connectivity index (χ1v) is 6.34. The van der Waals surface area contributed by atoms with Gasteiger partial charge in [-0.15, -0.1) is 0 Å². The minimum atomic E-state index is -0.131. The molecule has 4 nitrogen and oxygen atoms in total. The molecule has 4 heteroatoms. The number of carbonyl (C=O) groups excluding carboxylic acids is 2. The molecule has 0 aromatic carbocycles. The van der Waals surface area contributed by atoms with Gasteiger partial charge in [0.15, 0.2) is 0 Å². The van der Waals surface area contributed by atoms with E-state index in [2.05, 4.69) is 19.1 Å². The van der Waals surface area contributed by atoms with Crippen LogP contribution < -0.4 is 0 Å². The number of nitrogens with zero attached hydrogens (tertiary/aromatic N) is 2. The number of carbonyl (C=O) groups is 2. The van der Waals surface area contributed by atoms with Crippen LogP contribution in [-0.4, -0.2) is 41.9 Å². The Kier molecular flexibility index (Phi) is 2.28. The van der Waals surface area contributed by atoms with E-state index < -0.39 is 0 Å². The second-order valence-electron chi connectivity index (χ2n) is 5.53. The highest BCUT2D eigenvalue weighted by Gasteiger charge is 2.48. The number of likely N-dealkylation sites (N-methyl/N-ethyl adjacent to an activating group) is 1. The van der Waals surface area contributed by atoms with Crippen LogP contribution in [0.4, 0.5) is 4.79 Å². The smallest absolute Gasteiger partial charge is 0.326 e. The lowest BCUT2D eigenvalue weighted by atomic mass is 9.83. The van der Waals surface area contributed by atoms with Gasteiger partial charge in [0.1, 0.15) is 0 Å². The maximum absolute atomic E-state index is 12.4. The summed E-state index contributed by atoms with van der Waals surface area (Å²) in [6.45, 7) is 3.36. The monoisotopic (exact) mass is 234 g/mol. The fraction of sp³-hybridized carbons (Fsp3) is 0.692. The fourth-order valence-corrected chi connectivity index (χ4v) is 3.51. The number of hydrogen-bond acceptors (Lipinski definition) is 2. The Hall–Kier alpha value is -1.32. The molecule has 0 spiro atoms. The number of allylic oxidation sites excluding steroid dienone is 2. The molecular weight excluding hydrogens is 216 g/mol. The fourth-order valence-electron chi connectivity index (χ4n) is 3.51. The Morgan fingerprint density at radius 2 is 2.00 bits per heavy atom. The van der Waals surface area contributed by atoms with Crippen molar-refractivity contribution in [3.63, 3.8) is 0 Å². The Balaban J connectivity index is 1.79. The van der Waals surface area contributed by atoms with Crippen molar-refractivity contribution in [2.45, 2.75) is 13.3 Å². The first kappa shape index (κ1) is 10.8. The zero-order chi connectivity index (χ0) is 12.2. The second kappa shape index (κ2) is 3.59. The highest BCUT2D eigenvalue weighted by Crippen LogP contribution is 2.48. The number of rotatable bonds is 1.